The van der Waals surface area contributed by atoms with Crippen LogP contribution in [0.25, 0.3) is 23.3 Å². The normalized spacial score (nSPS) is 16.8. The molecule has 0 saturated carbocycles. The second-order valence-corrected chi connectivity index (χ2v) is 13.2. The van der Waals surface area contributed by atoms with Crippen LogP contribution in [0.2, 0.25) is 0 Å². The summed E-state index contributed by atoms with van der Waals surface area (Å²) in [6, 6.07) is 16.6. The van der Waals surface area contributed by atoms with Crippen molar-refractivity contribution >= 4 is 29.7 Å². The van der Waals surface area contributed by atoms with Crippen LogP contribution in [0.1, 0.15) is 61.8 Å². The summed E-state index contributed by atoms with van der Waals surface area (Å²) >= 11 is 0. The monoisotopic (exact) mass is 647 g/mol. The second kappa shape index (κ2) is 13.8. The fraction of sp³-hybridized carbons (Fsp3) is 0.359. The molecule has 1 atom stereocenters. The molecular formula is C39H45N5O4. The van der Waals surface area contributed by atoms with E-state index in [4.69, 9.17) is 9.72 Å². The van der Waals surface area contributed by atoms with Gasteiger partial charge in [-0.2, -0.15) is 0 Å². The van der Waals surface area contributed by atoms with E-state index in [1.54, 1.807) is 7.11 Å². The van der Waals surface area contributed by atoms with Crippen molar-refractivity contribution in [3.05, 3.63) is 99.1 Å². The molecule has 2 N–H and O–H groups in total. The number of aliphatic carboxylic acids is 1. The zero-order valence-electron chi connectivity index (χ0n) is 28.8. The Kier molecular flexibility index (Phi) is 9.53. The van der Waals surface area contributed by atoms with E-state index in [0.717, 1.165) is 93.4 Å². The number of carboxylic acid groups (broad SMARTS) is 1. The summed E-state index contributed by atoms with van der Waals surface area (Å²) in [5, 5.41) is 12.5. The Morgan fingerprint density at radius 1 is 1.00 bits per heavy atom. The molecule has 1 fully saturated rings. The summed E-state index contributed by atoms with van der Waals surface area (Å²) in [4.78, 5) is 34.0. The number of fused-ring (bicyclic) bond motifs is 1. The largest absolute Gasteiger partial charge is 0.496 e. The molecule has 1 saturated heterocycles. The van der Waals surface area contributed by atoms with E-state index >= 15 is 0 Å². The number of carbonyl (C=O) groups is 2. The molecule has 4 aromatic rings. The molecule has 0 aliphatic carbocycles. The van der Waals surface area contributed by atoms with Crippen molar-refractivity contribution in [3.8, 4) is 16.9 Å². The molecule has 6 rings (SSSR count). The summed E-state index contributed by atoms with van der Waals surface area (Å²) in [6.45, 7) is 9.99. The molecule has 1 amide bonds. The second-order valence-electron chi connectivity index (χ2n) is 13.2. The quantitative estimate of drug-likeness (QED) is 0.205. The summed E-state index contributed by atoms with van der Waals surface area (Å²) < 4.78 is 7.71. The highest BCUT2D eigenvalue weighted by atomic mass is 16.5. The Balaban J connectivity index is 1.21. The molecule has 48 heavy (non-hydrogen) atoms. The van der Waals surface area contributed by atoms with Gasteiger partial charge in [-0.3, -0.25) is 14.5 Å². The maximum atomic E-state index is 13.4. The van der Waals surface area contributed by atoms with Gasteiger partial charge in [0, 0.05) is 56.6 Å². The van der Waals surface area contributed by atoms with Crippen LogP contribution in [-0.2, 0) is 31.4 Å². The van der Waals surface area contributed by atoms with Crippen LogP contribution in [0.4, 0.5) is 5.69 Å². The van der Waals surface area contributed by atoms with Crippen molar-refractivity contribution < 1.29 is 19.4 Å². The highest BCUT2D eigenvalue weighted by Gasteiger charge is 2.28. The molecule has 1 aromatic heterocycles. The minimum atomic E-state index is -0.720. The van der Waals surface area contributed by atoms with E-state index < -0.39 is 5.97 Å². The number of likely N-dealkylation sites (tertiary alicyclic amines) is 1. The fourth-order valence-electron chi connectivity index (χ4n) is 7.08. The number of carbonyl (C=O) groups excluding carboxylic acids is 1. The Morgan fingerprint density at radius 2 is 1.73 bits per heavy atom. The standard InChI is InChI=1S/C39H45N5O4/c1-24-19-30(22-44-18-15-29(21-44)39(46)47)36(48-6)20-28(24)14-13-27-9-7-10-31(25(27)2)32-11-8-12-33(26(32)3)41-38(45)37-40-34-23-42(4)17-16-35(34)43(37)5/h7-14,19-20,29H,15-18,21-23H2,1-6H3,(H,41,45)(H,46,47)/b14-13+/t29-/m1/s1. The van der Waals surface area contributed by atoms with Crippen LogP contribution >= 0.6 is 0 Å². The van der Waals surface area contributed by atoms with E-state index in [1.165, 1.54) is 0 Å². The summed E-state index contributed by atoms with van der Waals surface area (Å²) in [6.07, 6.45) is 5.82. The zero-order valence-corrected chi connectivity index (χ0v) is 28.8. The molecule has 0 radical (unpaired) electrons. The Bertz CT molecular complexity index is 1910. The molecule has 3 heterocycles. The van der Waals surface area contributed by atoms with Crippen molar-refractivity contribution in [2.24, 2.45) is 13.0 Å². The van der Waals surface area contributed by atoms with Crippen LogP contribution in [0.3, 0.4) is 0 Å². The number of hydrogen-bond acceptors (Lipinski definition) is 6. The number of aryl methyl sites for hydroxylation is 1. The predicted octanol–water partition coefficient (Wildman–Crippen LogP) is 6.34. The van der Waals surface area contributed by atoms with E-state index in [9.17, 15) is 14.7 Å². The number of rotatable bonds is 9. The van der Waals surface area contributed by atoms with Gasteiger partial charge in [0.2, 0.25) is 0 Å². The summed E-state index contributed by atoms with van der Waals surface area (Å²) in [5.74, 6) is 0.0119. The Morgan fingerprint density at radius 3 is 2.46 bits per heavy atom. The predicted molar refractivity (Wildman–Crippen MR) is 190 cm³/mol. The number of imidazole rings is 1. The first-order chi connectivity index (χ1) is 23.0. The number of nitrogens with one attached hydrogen (secondary N) is 1. The van der Waals surface area contributed by atoms with Crippen LogP contribution in [-0.4, -0.2) is 70.1 Å². The fourth-order valence-corrected chi connectivity index (χ4v) is 7.08. The third-order valence-corrected chi connectivity index (χ3v) is 10.0. The van der Waals surface area contributed by atoms with Gasteiger partial charge in [0.05, 0.1) is 18.7 Å². The number of nitrogens with zero attached hydrogens (tertiary/aromatic N) is 4. The molecule has 9 heteroatoms. The van der Waals surface area contributed by atoms with Gasteiger partial charge in [-0.05, 0) is 91.9 Å². The van der Waals surface area contributed by atoms with Gasteiger partial charge in [-0.25, -0.2) is 4.98 Å². The van der Waals surface area contributed by atoms with E-state index in [2.05, 4.69) is 84.6 Å². The van der Waals surface area contributed by atoms with Crippen molar-refractivity contribution in [1.82, 2.24) is 19.4 Å². The van der Waals surface area contributed by atoms with Crippen molar-refractivity contribution in [2.45, 2.75) is 46.7 Å². The van der Waals surface area contributed by atoms with Crippen LogP contribution in [0, 0.1) is 26.7 Å². The molecule has 3 aromatic carbocycles. The molecule has 2 aliphatic heterocycles. The molecule has 250 valence electrons. The average Bonchev–Trinajstić information content (AvgIpc) is 3.66. The van der Waals surface area contributed by atoms with Crippen molar-refractivity contribution in [2.75, 3.05) is 39.1 Å². The number of likely N-dealkylation sites (N-methyl/N-ethyl adjacent to an activating group) is 1. The summed E-state index contributed by atoms with van der Waals surface area (Å²) in [5.41, 5.74) is 11.5. The number of methoxy groups -OCH3 is 1. The average molecular weight is 648 g/mol. The lowest BCUT2D eigenvalue weighted by molar-refractivity contribution is -0.141. The van der Waals surface area contributed by atoms with Crippen LogP contribution in [0.5, 0.6) is 5.75 Å². The third kappa shape index (κ3) is 6.66. The zero-order chi connectivity index (χ0) is 34.1. The lowest BCUT2D eigenvalue weighted by Gasteiger charge is -2.21. The topological polar surface area (TPSA) is 99.9 Å². The Labute approximate surface area is 282 Å². The van der Waals surface area contributed by atoms with Crippen molar-refractivity contribution in [1.29, 1.82) is 0 Å². The smallest absolute Gasteiger partial charge is 0.307 e. The molecule has 9 nitrogen and oxygen atoms in total. The first kappa shape index (κ1) is 33.2. The number of amides is 1. The third-order valence-electron chi connectivity index (χ3n) is 10.0. The minimum absolute atomic E-state index is 0.204. The maximum absolute atomic E-state index is 13.4. The number of benzene rings is 3. The lowest BCUT2D eigenvalue weighted by Crippen LogP contribution is -2.27. The number of carboxylic acids is 1. The van der Waals surface area contributed by atoms with E-state index in [-0.39, 0.29) is 11.8 Å². The van der Waals surface area contributed by atoms with Gasteiger partial charge in [-0.15, -0.1) is 0 Å². The molecule has 0 spiro atoms. The maximum Gasteiger partial charge on any atom is 0.307 e. The highest BCUT2D eigenvalue weighted by Crippen LogP contribution is 2.34. The van der Waals surface area contributed by atoms with Crippen LogP contribution < -0.4 is 10.1 Å². The lowest BCUT2D eigenvalue weighted by atomic mass is 9.92. The number of anilines is 1. The van der Waals surface area contributed by atoms with Crippen LogP contribution in [0.15, 0.2) is 48.5 Å². The molecular weight excluding hydrogens is 602 g/mol. The molecule has 0 unspecified atom stereocenters. The van der Waals surface area contributed by atoms with Gasteiger partial charge in [0.25, 0.3) is 5.91 Å². The Hall–Kier alpha value is -4.73. The van der Waals surface area contributed by atoms with Gasteiger partial charge in [-0.1, -0.05) is 48.6 Å². The SMILES string of the molecule is COc1cc(/C=C/c2cccc(-c3cccc(NC(=O)c4nc5c(n4C)CCN(C)C5)c3C)c2C)c(C)cc1CN1CC[C@@H](C(=O)O)C1. The first-order valence-corrected chi connectivity index (χ1v) is 16.6. The first-order valence-electron chi connectivity index (χ1n) is 16.6. The summed E-state index contributed by atoms with van der Waals surface area (Å²) in [7, 11) is 5.68. The van der Waals surface area contributed by atoms with Gasteiger partial charge < -0.3 is 24.6 Å². The van der Waals surface area contributed by atoms with E-state index in [1.807, 2.05) is 30.7 Å². The molecule has 0 bridgehead atoms. The van der Waals surface area contributed by atoms with Crippen molar-refractivity contribution in [3.63, 3.8) is 0 Å². The van der Waals surface area contributed by atoms with E-state index in [0.29, 0.717) is 25.3 Å². The minimum Gasteiger partial charge on any atom is -0.496 e. The highest BCUT2D eigenvalue weighted by molar-refractivity contribution is 6.03. The van der Waals surface area contributed by atoms with Gasteiger partial charge in [0.1, 0.15) is 5.75 Å². The number of aromatic nitrogens is 2. The molecule has 2 aliphatic rings. The number of hydrogen-bond donors (Lipinski definition) is 2. The van der Waals surface area contributed by atoms with Gasteiger partial charge >= 0.3 is 5.97 Å². The number of ether oxygens (including phenoxy) is 1. The van der Waals surface area contributed by atoms with Gasteiger partial charge in [0.15, 0.2) is 5.82 Å².